The molecule has 1 atom stereocenters. The number of para-hydroxylation sites is 1. The zero-order valence-corrected chi connectivity index (χ0v) is 18.8. The predicted octanol–water partition coefficient (Wildman–Crippen LogP) is 2.73. The Labute approximate surface area is 188 Å². The lowest BCUT2D eigenvalue weighted by atomic mass is 10.1. The standard InChI is InChI=1S/C24H31N3O5/c1-30-20-13-16(14-21(31-2)23(20)32-3)10-11-22(28)26-18-8-5-4-7-17(18)15-27-12-6-9-19(27)24(25)29/h4-5,7-8,13-14,19H,6,9-12,15H2,1-3H3,(H2,25,29)(H,26,28). The average molecular weight is 442 g/mol. The van der Waals surface area contributed by atoms with E-state index < -0.39 is 0 Å². The highest BCUT2D eigenvalue weighted by Crippen LogP contribution is 2.38. The lowest BCUT2D eigenvalue weighted by Gasteiger charge is -2.23. The third-order valence-electron chi connectivity index (χ3n) is 5.72. The van der Waals surface area contributed by atoms with E-state index >= 15 is 0 Å². The van der Waals surface area contributed by atoms with Crippen LogP contribution in [0.1, 0.15) is 30.4 Å². The highest BCUT2D eigenvalue weighted by molar-refractivity contribution is 5.91. The van der Waals surface area contributed by atoms with E-state index in [4.69, 9.17) is 19.9 Å². The molecule has 3 N–H and O–H groups in total. The Balaban J connectivity index is 1.65. The molecule has 1 saturated heterocycles. The van der Waals surface area contributed by atoms with Gasteiger partial charge in [0.2, 0.25) is 17.6 Å². The molecule has 0 aromatic heterocycles. The molecule has 8 heteroatoms. The van der Waals surface area contributed by atoms with E-state index in [1.807, 2.05) is 36.4 Å². The number of anilines is 1. The second-order valence-electron chi connectivity index (χ2n) is 7.77. The van der Waals surface area contributed by atoms with Gasteiger partial charge in [0.25, 0.3) is 0 Å². The third kappa shape index (κ3) is 5.50. The minimum Gasteiger partial charge on any atom is -0.493 e. The summed E-state index contributed by atoms with van der Waals surface area (Å²) in [5, 5.41) is 3.01. The minimum absolute atomic E-state index is 0.0981. The Hall–Kier alpha value is -3.26. The summed E-state index contributed by atoms with van der Waals surface area (Å²) in [7, 11) is 4.68. The Kier molecular flexibility index (Phi) is 7.94. The molecule has 1 aliphatic heterocycles. The molecule has 0 bridgehead atoms. The quantitative estimate of drug-likeness (QED) is 0.588. The van der Waals surface area contributed by atoms with Crippen molar-refractivity contribution in [1.82, 2.24) is 4.90 Å². The van der Waals surface area contributed by atoms with Crippen LogP contribution in [0, 0.1) is 0 Å². The highest BCUT2D eigenvalue weighted by atomic mass is 16.5. The first-order valence-electron chi connectivity index (χ1n) is 10.7. The molecule has 32 heavy (non-hydrogen) atoms. The normalized spacial score (nSPS) is 15.9. The van der Waals surface area contributed by atoms with Crippen molar-refractivity contribution in [2.24, 2.45) is 5.73 Å². The highest BCUT2D eigenvalue weighted by Gasteiger charge is 2.29. The van der Waals surface area contributed by atoms with E-state index in [0.717, 1.165) is 36.2 Å². The number of aryl methyl sites for hydroxylation is 1. The predicted molar refractivity (Wildman–Crippen MR) is 122 cm³/mol. The lowest BCUT2D eigenvalue weighted by Crippen LogP contribution is -2.39. The van der Waals surface area contributed by atoms with E-state index in [-0.39, 0.29) is 17.9 Å². The van der Waals surface area contributed by atoms with Crippen molar-refractivity contribution in [2.45, 2.75) is 38.3 Å². The zero-order chi connectivity index (χ0) is 23.1. The molecule has 0 spiro atoms. The topological polar surface area (TPSA) is 103 Å². The monoisotopic (exact) mass is 441 g/mol. The number of nitrogens with two attached hydrogens (primary N) is 1. The van der Waals surface area contributed by atoms with E-state index in [9.17, 15) is 9.59 Å². The molecule has 1 fully saturated rings. The van der Waals surface area contributed by atoms with E-state index in [1.54, 1.807) is 21.3 Å². The summed E-state index contributed by atoms with van der Waals surface area (Å²) in [5.74, 6) is 1.24. The number of carbonyl (C=O) groups is 2. The van der Waals surface area contributed by atoms with Crippen LogP contribution in [0.15, 0.2) is 36.4 Å². The van der Waals surface area contributed by atoms with Crippen molar-refractivity contribution in [1.29, 1.82) is 0 Å². The van der Waals surface area contributed by atoms with Crippen LogP contribution < -0.4 is 25.3 Å². The molecule has 2 aromatic carbocycles. The van der Waals surface area contributed by atoms with Crippen molar-refractivity contribution >= 4 is 17.5 Å². The molecule has 0 saturated carbocycles. The number of hydrogen-bond donors (Lipinski definition) is 2. The third-order valence-corrected chi connectivity index (χ3v) is 5.72. The van der Waals surface area contributed by atoms with Gasteiger partial charge < -0.3 is 25.3 Å². The second kappa shape index (κ2) is 10.9. The first kappa shape index (κ1) is 23.4. The Morgan fingerprint density at radius 2 is 1.78 bits per heavy atom. The Morgan fingerprint density at radius 3 is 2.41 bits per heavy atom. The van der Waals surface area contributed by atoms with Crippen LogP contribution in [0.5, 0.6) is 17.2 Å². The summed E-state index contributed by atoms with van der Waals surface area (Å²) >= 11 is 0. The van der Waals surface area contributed by atoms with E-state index in [2.05, 4.69) is 10.2 Å². The summed E-state index contributed by atoms with van der Waals surface area (Å²) in [4.78, 5) is 26.5. The summed E-state index contributed by atoms with van der Waals surface area (Å²) in [6, 6.07) is 11.1. The van der Waals surface area contributed by atoms with Crippen LogP contribution in [0.3, 0.4) is 0 Å². The molecule has 1 aliphatic rings. The number of carbonyl (C=O) groups excluding carboxylic acids is 2. The lowest BCUT2D eigenvalue weighted by molar-refractivity contribution is -0.122. The molecule has 1 unspecified atom stereocenters. The van der Waals surface area contributed by atoms with Gasteiger partial charge in [0.1, 0.15) is 0 Å². The van der Waals surface area contributed by atoms with Crippen molar-refractivity contribution in [3.8, 4) is 17.2 Å². The Bertz CT molecular complexity index is 937. The number of hydrogen-bond acceptors (Lipinski definition) is 6. The van der Waals surface area contributed by atoms with Gasteiger partial charge in [0.15, 0.2) is 11.5 Å². The van der Waals surface area contributed by atoms with E-state index in [1.165, 1.54) is 0 Å². The van der Waals surface area contributed by atoms with Gasteiger partial charge in [0.05, 0.1) is 27.4 Å². The minimum atomic E-state index is -0.297. The second-order valence-corrected chi connectivity index (χ2v) is 7.77. The number of methoxy groups -OCH3 is 3. The fourth-order valence-corrected chi connectivity index (χ4v) is 4.09. The van der Waals surface area contributed by atoms with Crippen molar-refractivity contribution in [3.63, 3.8) is 0 Å². The van der Waals surface area contributed by atoms with Gasteiger partial charge in [-0.3, -0.25) is 14.5 Å². The van der Waals surface area contributed by atoms with Crippen LogP contribution in [-0.2, 0) is 22.6 Å². The maximum absolute atomic E-state index is 12.7. The van der Waals surface area contributed by atoms with E-state index in [0.29, 0.717) is 36.6 Å². The summed E-state index contributed by atoms with van der Waals surface area (Å²) < 4.78 is 16.1. The van der Waals surface area contributed by atoms with Crippen LogP contribution in [-0.4, -0.2) is 50.6 Å². The molecular formula is C24H31N3O5. The number of likely N-dealkylation sites (tertiary alicyclic amines) is 1. The summed E-state index contributed by atoms with van der Waals surface area (Å²) in [5.41, 5.74) is 8.15. The van der Waals surface area contributed by atoms with Crippen LogP contribution in [0.4, 0.5) is 5.69 Å². The van der Waals surface area contributed by atoms with Crippen LogP contribution >= 0.6 is 0 Å². The van der Waals surface area contributed by atoms with Gasteiger partial charge in [-0.15, -0.1) is 0 Å². The molecule has 2 amide bonds. The first-order chi connectivity index (χ1) is 15.5. The van der Waals surface area contributed by atoms with Gasteiger partial charge >= 0.3 is 0 Å². The number of ether oxygens (including phenoxy) is 3. The molecule has 2 aromatic rings. The number of primary amides is 1. The molecule has 0 radical (unpaired) electrons. The average Bonchev–Trinajstić information content (AvgIpc) is 3.26. The SMILES string of the molecule is COc1cc(CCC(=O)Nc2ccccc2CN2CCCC2C(N)=O)cc(OC)c1OC. The van der Waals surface area contributed by atoms with Gasteiger partial charge in [-0.05, 0) is 55.1 Å². The van der Waals surface area contributed by atoms with Gasteiger partial charge in [0, 0.05) is 18.7 Å². The summed E-state index contributed by atoms with van der Waals surface area (Å²) in [6.45, 7) is 1.38. The number of nitrogens with one attached hydrogen (secondary N) is 1. The number of benzene rings is 2. The fraction of sp³-hybridized carbons (Fsp3) is 0.417. The number of nitrogens with zero attached hydrogens (tertiary/aromatic N) is 1. The number of amides is 2. The maximum Gasteiger partial charge on any atom is 0.234 e. The van der Waals surface area contributed by atoms with Crippen LogP contribution in [0.2, 0.25) is 0 Å². The maximum atomic E-state index is 12.7. The molecular weight excluding hydrogens is 410 g/mol. The van der Waals surface area contributed by atoms with Crippen LogP contribution in [0.25, 0.3) is 0 Å². The largest absolute Gasteiger partial charge is 0.493 e. The Morgan fingerprint density at radius 1 is 1.09 bits per heavy atom. The number of rotatable bonds is 10. The summed E-state index contributed by atoms with van der Waals surface area (Å²) in [6.07, 6.45) is 2.52. The molecule has 8 nitrogen and oxygen atoms in total. The molecule has 172 valence electrons. The molecule has 1 heterocycles. The van der Waals surface area contributed by atoms with Crippen molar-refractivity contribution < 1.29 is 23.8 Å². The van der Waals surface area contributed by atoms with Gasteiger partial charge in [-0.2, -0.15) is 0 Å². The van der Waals surface area contributed by atoms with Crippen molar-refractivity contribution in [2.75, 3.05) is 33.2 Å². The molecule has 0 aliphatic carbocycles. The van der Waals surface area contributed by atoms with Gasteiger partial charge in [-0.1, -0.05) is 18.2 Å². The zero-order valence-electron chi connectivity index (χ0n) is 18.8. The molecule has 3 rings (SSSR count). The fourth-order valence-electron chi connectivity index (χ4n) is 4.09. The smallest absolute Gasteiger partial charge is 0.234 e. The first-order valence-corrected chi connectivity index (χ1v) is 10.7. The van der Waals surface area contributed by atoms with Crippen molar-refractivity contribution in [3.05, 3.63) is 47.5 Å². The van der Waals surface area contributed by atoms with Gasteiger partial charge in [-0.25, -0.2) is 0 Å².